The summed E-state index contributed by atoms with van der Waals surface area (Å²) in [5, 5.41) is 0.955. The van der Waals surface area contributed by atoms with Gasteiger partial charge in [0.05, 0.1) is 16.1 Å². The van der Waals surface area contributed by atoms with Crippen molar-refractivity contribution in [3.05, 3.63) is 74.7 Å². The molecule has 1 aromatic heterocycles. The third kappa shape index (κ3) is 3.32. The number of thiophene rings is 1. The van der Waals surface area contributed by atoms with E-state index in [1.807, 2.05) is 0 Å². The molecule has 0 amide bonds. The Labute approximate surface area is 163 Å². The van der Waals surface area contributed by atoms with Gasteiger partial charge in [0, 0.05) is 15.5 Å². The van der Waals surface area contributed by atoms with E-state index < -0.39 is 11.7 Å². The van der Waals surface area contributed by atoms with Crippen LogP contribution in [0, 0.1) is 11.8 Å². The lowest BCUT2D eigenvalue weighted by molar-refractivity contribution is -0.0891. The number of hydrogen-bond donors (Lipinski definition) is 1. The minimum Gasteiger partial charge on any atom is -0.390 e. The topological polar surface area (TPSA) is 43.1 Å². The summed E-state index contributed by atoms with van der Waals surface area (Å²) >= 11 is 7.18. The van der Waals surface area contributed by atoms with Gasteiger partial charge >= 0.3 is 6.18 Å². The van der Waals surface area contributed by atoms with Crippen molar-refractivity contribution in [3.63, 3.8) is 0 Å². The first-order valence-corrected chi connectivity index (χ1v) is 9.61. The zero-order chi connectivity index (χ0) is 19.3. The smallest absolute Gasteiger partial charge is 0.390 e. The monoisotopic (exact) mass is 409 g/mol. The highest BCUT2D eigenvalue weighted by Gasteiger charge is 2.38. The molecule has 2 unspecified atom stereocenters. The summed E-state index contributed by atoms with van der Waals surface area (Å²) in [4.78, 5) is 13.9. The number of carbonyl (C=O) groups is 1. The maximum atomic E-state index is 13.0. The SMILES string of the molecule is Nc1sc2c(c1C(=O)c1ccc(Cl)cc1)CC1C=CC(C(F)(F)F)=CC1C2. The number of anilines is 1. The number of halogens is 4. The molecule has 4 rings (SSSR count). The summed E-state index contributed by atoms with van der Waals surface area (Å²) in [6.45, 7) is 0. The van der Waals surface area contributed by atoms with Crippen molar-refractivity contribution in [2.45, 2.75) is 19.0 Å². The van der Waals surface area contributed by atoms with E-state index in [-0.39, 0.29) is 17.6 Å². The number of nitrogen functional groups attached to an aromatic ring is 1. The second-order valence-corrected chi connectivity index (χ2v) is 8.37. The van der Waals surface area contributed by atoms with E-state index in [0.717, 1.165) is 16.5 Å². The molecule has 0 spiro atoms. The Morgan fingerprint density at radius 3 is 2.52 bits per heavy atom. The quantitative estimate of drug-likeness (QED) is 0.655. The van der Waals surface area contributed by atoms with Gasteiger partial charge in [-0.3, -0.25) is 4.79 Å². The molecule has 0 bridgehead atoms. The first-order valence-electron chi connectivity index (χ1n) is 8.41. The lowest BCUT2D eigenvalue weighted by Gasteiger charge is -2.31. The normalized spacial score (nSPS) is 21.4. The van der Waals surface area contributed by atoms with Gasteiger partial charge in [-0.25, -0.2) is 0 Å². The van der Waals surface area contributed by atoms with Crippen LogP contribution in [0.15, 0.2) is 48.1 Å². The van der Waals surface area contributed by atoms with E-state index in [1.165, 1.54) is 17.4 Å². The predicted molar refractivity (Wildman–Crippen MR) is 101 cm³/mol. The number of alkyl halides is 3. The van der Waals surface area contributed by atoms with Gasteiger partial charge in [0.1, 0.15) is 0 Å². The van der Waals surface area contributed by atoms with Gasteiger partial charge < -0.3 is 5.73 Å². The van der Waals surface area contributed by atoms with E-state index in [9.17, 15) is 18.0 Å². The molecule has 0 saturated heterocycles. The van der Waals surface area contributed by atoms with Gasteiger partial charge in [-0.2, -0.15) is 13.2 Å². The molecule has 1 aromatic carbocycles. The molecular formula is C20H15ClF3NOS. The summed E-state index contributed by atoms with van der Waals surface area (Å²) in [7, 11) is 0. The Morgan fingerprint density at radius 2 is 1.85 bits per heavy atom. The van der Waals surface area contributed by atoms with E-state index >= 15 is 0 Å². The fraction of sp³-hybridized carbons (Fsp3) is 0.250. The van der Waals surface area contributed by atoms with Gasteiger partial charge in [-0.1, -0.05) is 29.8 Å². The first kappa shape index (κ1) is 18.3. The Bertz CT molecular complexity index is 972. The van der Waals surface area contributed by atoms with Crippen molar-refractivity contribution in [1.29, 1.82) is 0 Å². The maximum absolute atomic E-state index is 13.0. The lowest BCUT2D eigenvalue weighted by atomic mass is 9.74. The number of ketones is 1. The van der Waals surface area contributed by atoms with E-state index in [4.69, 9.17) is 17.3 Å². The van der Waals surface area contributed by atoms with Crippen LogP contribution < -0.4 is 5.73 Å². The zero-order valence-electron chi connectivity index (χ0n) is 14.0. The summed E-state index contributed by atoms with van der Waals surface area (Å²) in [6, 6.07) is 6.59. The Morgan fingerprint density at radius 1 is 1.15 bits per heavy atom. The summed E-state index contributed by atoms with van der Waals surface area (Å²) in [5.74, 6) is -0.462. The van der Waals surface area contributed by atoms with Crippen LogP contribution in [-0.4, -0.2) is 12.0 Å². The van der Waals surface area contributed by atoms with Crippen molar-refractivity contribution in [2.24, 2.45) is 11.8 Å². The van der Waals surface area contributed by atoms with Crippen LogP contribution in [0.25, 0.3) is 0 Å². The van der Waals surface area contributed by atoms with Gasteiger partial charge in [0.25, 0.3) is 0 Å². The molecule has 0 fully saturated rings. The number of carbonyl (C=O) groups excluding carboxylic acids is 1. The third-order valence-electron chi connectivity index (χ3n) is 5.11. The van der Waals surface area contributed by atoms with Gasteiger partial charge in [-0.15, -0.1) is 11.3 Å². The van der Waals surface area contributed by atoms with E-state index in [2.05, 4.69) is 0 Å². The van der Waals surface area contributed by atoms with Crippen molar-refractivity contribution in [2.75, 3.05) is 5.73 Å². The summed E-state index contributed by atoms with van der Waals surface area (Å²) < 4.78 is 39.0. The fourth-order valence-electron chi connectivity index (χ4n) is 3.76. The molecule has 2 N–H and O–H groups in total. The lowest BCUT2D eigenvalue weighted by Crippen LogP contribution is -2.27. The number of allylic oxidation sites excluding steroid dienone is 4. The molecule has 0 radical (unpaired) electrons. The summed E-state index contributed by atoms with van der Waals surface area (Å²) in [6.07, 6.45) is 0.701. The highest BCUT2D eigenvalue weighted by Crippen LogP contribution is 2.45. The van der Waals surface area contributed by atoms with Crippen LogP contribution in [0.2, 0.25) is 5.02 Å². The molecule has 2 aromatic rings. The van der Waals surface area contributed by atoms with Crippen molar-refractivity contribution in [1.82, 2.24) is 0 Å². The second kappa shape index (κ2) is 6.53. The number of hydrogen-bond acceptors (Lipinski definition) is 3. The van der Waals surface area contributed by atoms with Crippen LogP contribution in [-0.2, 0) is 12.8 Å². The van der Waals surface area contributed by atoms with Gasteiger partial charge in [0.2, 0.25) is 0 Å². The summed E-state index contributed by atoms with van der Waals surface area (Å²) in [5.41, 5.74) is 7.37. The number of nitrogens with two attached hydrogens (primary N) is 1. The average molecular weight is 410 g/mol. The Kier molecular flexibility index (Phi) is 4.43. The van der Waals surface area contributed by atoms with Gasteiger partial charge in [-0.05, 0) is 54.5 Å². The molecule has 140 valence electrons. The van der Waals surface area contributed by atoms with Crippen LogP contribution in [0.4, 0.5) is 18.2 Å². The molecule has 2 aliphatic carbocycles. The van der Waals surface area contributed by atoms with Crippen molar-refractivity contribution in [3.8, 4) is 0 Å². The highest BCUT2D eigenvalue weighted by atomic mass is 35.5. The van der Waals surface area contributed by atoms with Crippen molar-refractivity contribution < 1.29 is 18.0 Å². The minimum atomic E-state index is -4.34. The van der Waals surface area contributed by atoms with Crippen LogP contribution in [0.3, 0.4) is 0 Å². The molecule has 1 heterocycles. The number of fused-ring (bicyclic) bond motifs is 2. The molecule has 2 atom stereocenters. The van der Waals surface area contributed by atoms with Crippen molar-refractivity contribution >= 4 is 33.7 Å². The number of rotatable bonds is 2. The average Bonchev–Trinajstić information content (AvgIpc) is 2.93. The molecule has 27 heavy (non-hydrogen) atoms. The zero-order valence-corrected chi connectivity index (χ0v) is 15.6. The van der Waals surface area contributed by atoms with Crippen LogP contribution >= 0.6 is 22.9 Å². The van der Waals surface area contributed by atoms with Crippen LogP contribution in [0.5, 0.6) is 0 Å². The fourth-order valence-corrected chi connectivity index (χ4v) is 5.05. The third-order valence-corrected chi connectivity index (χ3v) is 6.44. The Balaban J connectivity index is 1.69. The largest absolute Gasteiger partial charge is 0.416 e. The number of benzene rings is 1. The maximum Gasteiger partial charge on any atom is 0.416 e. The predicted octanol–water partition coefficient (Wildman–Crippen LogP) is 5.60. The standard InChI is InChI=1S/C20H15ClF3NOS/c21-14-5-2-10(3-6-14)18(26)17-15-8-11-1-4-13(20(22,23)24)7-12(11)9-16(15)27-19(17)25/h1-7,11-12H,8-9,25H2. The highest BCUT2D eigenvalue weighted by molar-refractivity contribution is 7.16. The molecule has 2 nitrogen and oxygen atoms in total. The second-order valence-electron chi connectivity index (χ2n) is 6.79. The Hall–Kier alpha value is -2.05. The first-order chi connectivity index (χ1) is 12.7. The minimum absolute atomic E-state index is 0.0608. The molecule has 0 saturated carbocycles. The van der Waals surface area contributed by atoms with Crippen LogP contribution in [0.1, 0.15) is 26.4 Å². The molecular weight excluding hydrogens is 395 g/mol. The molecule has 2 aliphatic rings. The molecule has 0 aliphatic heterocycles. The van der Waals surface area contributed by atoms with E-state index in [1.54, 1.807) is 30.3 Å². The van der Waals surface area contributed by atoms with E-state index in [0.29, 0.717) is 34.0 Å². The molecule has 7 heteroatoms. The van der Waals surface area contributed by atoms with Gasteiger partial charge in [0.15, 0.2) is 5.78 Å².